The highest BCUT2D eigenvalue weighted by Gasteiger charge is 2.39. The topological polar surface area (TPSA) is 141 Å². The molecular weight excluding hydrogens is 747 g/mol. The van der Waals surface area contributed by atoms with Crippen LogP contribution in [0.3, 0.4) is 0 Å². The Balaban J connectivity index is 0.945. The minimum Gasteiger partial charge on any atom is -0.453 e. The van der Waals surface area contributed by atoms with Crippen LogP contribution in [-0.4, -0.2) is 94.2 Å². The predicted octanol–water partition coefficient (Wildman–Crippen LogP) is 8.34. The lowest BCUT2D eigenvalue weighted by atomic mass is 10.0. The van der Waals surface area contributed by atoms with Crippen LogP contribution in [-0.2, 0) is 14.3 Å². The zero-order chi connectivity index (χ0) is 39.3. The van der Waals surface area contributed by atoms with Crippen molar-refractivity contribution in [2.24, 2.45) is 10.9 Å². The normalized spacial score (nSPS) is 20.6. The summed E-state index contributed by atoms with van der Waals surface area (Å²) in [5.41, 5.74) is 5.65. The van der Waals surface area contributed by atoms with Gasteiger partial charge in [-0.25, -0.2) is 14.6 Å². The second-order valence-electron chi connectivity index (χ2n) is 16.2. The van der Waals surface area contributed by atoms with E-state index >= 15 is 0 Å². The van der Waals surface area contributed by atoms with Crippen molar-refractivity contribution < 1.29 is 23.9 Å². The summed E-state index contributed by atoms with van der Waals surface area (Å²) >= 11 is 3.57. The van der Waals surface area contributed by atoms with Crippen LogP contribution in [0.5, 0.6) is 0 Å². The fourth-order valence-corrected chi connectivity index (χ4v) is 10.4. The number of nitrogens with one attached hydrogen (secondary N) is 3. The third-order valence-corrected chi connectivity index (χ3v) is 13.2. The van der Waals surface area contributed by atoms with E-state index in [2.05, 4.69) is 64.1 Å². The van der Waals surface area contributed by atoms with Gasteiger partial charge in [0.05, 0.1) is 35.9 Å². The lowest BCUT2D eigenvalue weighted by Gasteiger charge is -2.30. The molecule has 2 fully saturated rings. The van der Waals surface area contributed by atoms with Crippen molar-refractivity contribution >= 4 is 66.9 Å². The molecule has 0 aliphatic carbocycles. The van der Waals surface area contributed by atoms with Gasteiger partial charge in [0.15, 0.2) is 0 Å². The zero-order valence-electron chi connectivity index (χ0n) is 32.7. The van der Waals surface area contributed by atoms with Crippen LogP contribution in [0.15, 0.2) is 59.6 Å². The number of thiophene rings is 2. The molecule has 294 valence electrons. The summed E-state index contributed by atoms with van der Waals surface area (Å²) in [4.78, 5) is 58.0. The standard InChI is InChI=1S/C42H49N7O5S2/c1-23(2)36(47-40(51)53-6)39(50)48-17-7-10-31(48)38-44-27-16-15-26(19-28(27)45-38)33-21-35-34(56-33)20-32(55-35)25-13-11-24(12-14-25)29-22-43-37(46-29)30-9-8-18-49(30)41(52)54-42(3,4)5/h11-16,19-21,23,30-31,36-37,43H,7-10,17-18,22H2,1-6H3,(H,44,45)(H,47,51). The first-order valence-electron chi connectivity index (χ1n) is 19.4. The van der Waals surface area contributed by atoms with Crippen LogP contribution in [0, 0.1) is 5.92 Å². The van der Waals surface area contributed by atoms with Crippen molar-refractivity contribution in [3.63, 3.8) is 0 Å². The molecular formula is C42H49N7O5S2. The van der Waals surface area contributed by atoms with Crippen molar-refractivity contribution in [3.8, 4) is 20.9 Å². The minimum atomic E-state index is -0.674. The van der Waals surface area contributed by atoms with Gasteiger partial charge in [0.1, 0.15) is 23.6 Å². The number of aromatic amines is 1. The van der Waals surface area contributed by atoms with E-state index in [-0.39, 0.29) is 36.2 Å². The lowest BCUT2D eigenvalue weighted by molar-refractivity contribution is -0.135. The minimum absolute atomic E-state index is 0.00792. The van der Waals surface area contributed by atoms with Crippen molar-refractivity contribution in [1.29, 1.82) is 0 Å². The number of likely N-dealkylation sites (tertiary alicyclic amines) is 2. The average molecular weight is 796 g/mol. The lowest BCUT2D eigenvalue weighted by Crippen LogP contribution is -2.51. The van der Waals surface area contributed by atoms with Gasteiger partial charge in [0.2, 0.25) is 5.91 Å². The number of hydrogen-bond acceptors (Lipinski definition) is 10. The van der Waals surface area contributed by atoms with Crippen LogP contribution in [0.4, 0.5) is 9.59 Å². The molecule has 6 heterocycles. The van der Waals surface area contributed by atoms with Crippen LogP contribution in [0.2, 0.25) is 0 Å². The second-order valence-corrected chi connectivity index (χ2v) is 18.4. The molecule has 0 spiro atoms. The average Bonchev–Trinajstić information content (AvgIpc) is 4.01. The van der Waals surface area contributed by atoms with E-state index in [9.17, 15) is 14.4 Å². The van der Waals surface area contributed by atoms with Gasteiger partial charge in [-0.2, -0.15) is 0 Å². The number of benzene rings is 2. The molecule has 5 aromatic rings. The third kappa shape index (κ3) is 7.66. The maximum atomic E-state index is 13.6. The number of rotatable bonds is 8. The van der Waals surface area contributed by atoms with Crippen molar-refractivity contribution in [2.45, 2.75) is 90.2 Å². The molecule has 8 rings (SSSR count). The number of imidazole rings is 1. The largest absolute Gasteiger partial charge is 0.453 e. The Morgan fingerprint density at radius 3 is 2.25 bits per heavy atom. The fourth-order valence-electron chi connectivity index (χ4n) is 8.01. The Kier molecular flexibility index (Phi) is 10.4. The van der Waals surface area contributed by atoms with Gasteiger partial charge in [-0.15, -0.1) is 22.7 Å². The van der Waals surface area contributed by atoms with Crippen molar-refractivity contribution in [1.82, 2.24) is 30.4 Å². The zero-order valence-corrected chi connectivity index (χ0v) is 34.3. The Hall–Kier alpha value is -4.79. The summed E-state index contributed by atoms with van der Waals surface area (Å²) in [6, 6.07) is 18.6. The SMILES string of the molecule is COC(=O)NC(C(=O)N1CCCC1c1nc2ccc(-c3cc4sc(-c5ccc(C6=NC(C7CCCN7C(=O)OC(C)(C)C)NC6)cc5)cc4s3)cc2[nH]1)C(C)C. The van der Waals surface area contributed by atoms with Crippen molar-refractivity contribution in [2.75, 3.05) is 26.7 Å². The second kappa shape index (κ2) is 15.3. The fraction of sp³-hybridized carbons (Fsp3) is 0.452. The monoisotopic (exact) mass is 795 g/mol. The van der Waals surface area contributed by atoms with E-state index in [0.717, 1.165) is 59.4 Å². The Morgan fingerprint density at radius 2 is 1.55 bits per heavy atom. The predicted molar refractivity (Wildman–Crippen MR) is 222 cm³/mol. The van der Waals surface area contributed by atoms with Crippen LogP contribution in [0.1, 0.15) is 77.7 Å². The molecule has 0 saturated carbocycles. The molecule has 3 aliphatic heterocycles. The first kappa shape index (κ1) is 38.1. The number of nitrogens with zero attached hydrogens (tertiary/aromatic N) is 4. The van der Waals surface area contributed by atoms with Crippen molar-refractivity contribution in [3.05, 3.63) is 66.0 Å². The molecule has 12 nitrogen and oxygen atoms in total. The highest BCUT2D eigenvalue weighted by atomic mass is 32.1. The number of H-pyrrole nitrogens is 1. The molecule has 2 aromatic carbocycles. The number of carbonyl (C=O) groups is 3. The summed E-state index contributed by atoms with van der Waals surface area (Å²) in [7, 11) is 1.30. The van der Waals surface area contributed by atoms with Gasteiger partial charge in [0.25, 0.3) is 0 Å². The summed E-state index contributed by atoms with van der Waals surface area (Å²) in [6.45, 7) is 11.5. The number of aliphatic imine (C=N–C) groups is 1. The van der Waals surface area contributed by atoms with Crippen LogP contribution in [0.25, 0.3) is 41.3 Å². The number of aromatic nitrogens is 2. The summed E-state index contributed by atoms with van der Waals surface area (Å²) in [6.07, 6.45) is 2.52. The van der Waals surface area contributed by atoms with Gasteiger partial charge < -0.3 is 29.6 Å². The third-order valence-electron chi connectivity index (χ3n) is 10.8. The molecule has 0 radical (unpaired) electrons. The molecule has 3 N–H and O–H groups in total. The number of alkyl carbamates (subject to hydrolysis) is 1. The summed E-state index contributed by atoms with van der Waals surface area (Å²) in [5.74, 6) is 0.553. The summed E-state index contributed by atoms with van der Waals surface area (Å²) in [5, 5.41) is 6.25. The van der Waals surface area contributed by atoms with E-state index in [1.807, 2.05) is 50.5 Å². The number of amides is 3. The maximum absolute atomic E-state index is 13.6. The van der Waals surface area contributed by atoms with E-state index in [4.69, 9.17) is 19.5 Å². The number of ether oxygens (including phenoxy) is 2. The van der Waals surface area contributed by atoms with E-state index in [0.29, 0.717) is 19.6 Å². The quantitative estimate of drug-likeness (QED) is 0.143. The highest BCUT2D eigenvalue weighted by Crippen LogP contribution is 2.42. The van der Waals surface area contributed by atoms with Gasteiger partial charge in [-0.05, 0) is 93.3 Å². The van der Waals surface area contributed by atoms with Crippen LogP contribution < -0.4 is 10.6 Å². The molecule has 14 heteroatoms. The van der Waals surface area contributed by atoms with Crippen LogP contribution >= 0.6 is 22.7 Å². The molecule has 2 saturated heterocycles. The molecule has 4 unspecified atom stereocenters. The van der Waals surface area contributed by atoms with Gasteiger partial charge in [0, 0.05) is 38.8 Å². The number of hydrogen-bond donors (Lipinski definition) is 3. The molecule has 3 aromatic heterocycles. The Labute approximate surface area is 334 Å². The van der Waals surface area contributed by atoms with Gasteiger partial charge in [-0.3, -0.25) is 15.1 Å². The first-order chi connectivity index (χ1) is 26.8. The maximum Gasteiger partial charge on any atom is 0.410 e. The molecule has 3 amide bonds. The Bertz CT molecular complexity index is 2270. The summed E-state index contributed by atoms with van der Waals surface area (Å²) < 4.78 is 12.9. The highest BCUT2D eigenvalue weighted by molar-refractivity contribution is 7.31. The molecule has 4 atom stereocenters. The molecule has 56 heavy (non-hydrogen) atoms. The Morgan fingerprint density at radius 1 is 0.893 bits per heavy atom. The van der Waals surface area contributed by atoms with E-state index in [1.165, 1.54) is 31.8 Å². The van der Waals surface area contributed by atoms with E-state index < -0.39 is 17.7 Å². The van der Waals surface area contributed by atoms with Gasteiger partial charge in [-0.1, -0.05) is 44.2 Å². The number of carbonyl (C=O) groups excluding carboxylic acids is 3. The van der Waals surface area contributed by atoms with E-state index in [1.54, 1.807) is 22.7 Å². The molecule has 0 bridgehead atoms. The number of fused-ring (bicyclic) bond motifs is 2. The smallest absolute Gasteiger partial charge is 0.410 e. The number of methoxy groups -OCH3 is 1. The van der Waals surface area contributed by atoms with Gasteiger partial charge >= 0.3 is 12.2 Å². The first-order valence-corrected chi connectivity index (χ1v) is 21.1. The molecule has 3 aliphatic rings.